The van der Waals surface area contributed by atoms with Crippen molar-refractivity contribution < 1.29 is 0 Å². The molecule has 0 aliphatic carbocycles. The summed E-state index contributed by atoms with van der Waals surface area (Å²) in [6, 6.07) is 18.2. The average molecular weight is 414 g/mol. The number of nitrogens with one attached hydrogen (secondary N) is 1. The zero-order valence-corrected chi connectivity index (χ0v) is 18.2. The second kappa shape index (κ2) is 8.75. The van der Waals surface area contributed by atoms with Crippen molar-refractivity contribution in [3.8, 4) is 28.6 Å². The van der Waals surface area contributed by atoms with Crippen LogP contribution in [0, 0.1) is 18.3 Å². The number of nitriles is 1. The standard InChI is InChI=1S/C25H27N5O/c1-17-4-8-20(9-5-17)23-22(19-10-6-18(16-26)7-11-19)28-24(25(31)29(23)3)30-14-12-21(27-2)13-15-30/h4-11,21,27H,12-15H2,1-3H3. The van der Waals surface area contributed by atoms with Crippen molar-refractivity contribution in [1.29, 1.82) is 5.26 Å². The largest absolute Gasteiger partial charge is 0.352 e. The summed E-state index contributed by atoms with van der Waals surface area (Å²) < 4.78 is 1.71. The molecule has 0 saturated carbocycles. The van der Waals surface area contributed by atoms with E-state index in [-0.39, 0.29) is 5.56 Å². The van der Waals surface area contributed by atoms with Crippen molar-refractivity contribution in [3.63, 3.8) is 0 Å². The topological polar surface area (TPSA) is 74.0 Å². The molecular formula is C25H27N5O. The Morgan fingerprint density at radius 2 is 1.65 bits per heavy atom. The Morgan fingerprint density at radius 1 is 1.03 bits per heavy atom. The van der Waals surface area contributed by atoms with Gasteiger partial charge in [0.05, 0.1) is 23.0 Å². The lowest BCUT2D eigenvalue weighted by Crippen LogP contribution is -2.44. The molecule has 1 aromatic heterocycles. The Morgan fingerprint density at radius 3 is 2.23 bits per heavy atom. The molecule has 1 aliphatic rings. The van der Waals surface area contributed by atoms with Crippen LogP contribution in [0.3, 0.4) is 0 Å². The molecule has 2 heterocycles. The molecule has 158 valence electrons. The van der Waals surface area contributed by atoms with E-state index in [1.165, 1.54) is 0 Å². The number of hydrogen-bond donors (Lipinski definition) is 1. The van der Waals surface area contributed by atoms with Gasteiger partial charge in [0.2, 0.25) is 0 Å². The fraction of sp³-hybridized carbons (Fsp3) is 0.320. The number of hydrogen-bond acceptors (Lipinski definition) is 5. The minimum Gasteiger partial charge on any atom is -0.352 e. The highest BCUT2D eigenvalue weighted by molar-refractivity contribution is 5.79. The lowest BCUT2D eigenvalue weighted by atomic mass is 10.0. The Bertz CT molecular complexity index is 1160. The molecule has 1 aliphatic heterocycles. The first kappa shape index (κ1) is 20.8. The number of aryl methyl sites for hydroxylation is 1. The van der Waals surface area contributed by atoms with Crippen molar-refractivity contribution in [2.45, 2.75) is 25.8 Å². The predicted molar refractivity (Wildman–Crippen MR) is 124 cm³/mol. The van der Waals surface area contributed by atoms with E-state index in [1.807, 2.05) is 57.4 Å². The summed E-state index contributed by atoms with van der Waals surface area (Å²) in [7, 11) is 3.80. The predicted octanol–water partition coefficient (Wildman–Crippen LogP) is 3.48. The van der Waals surface area contributed by atoms with E-state index in [2.05, 4.69) is 16.3 Å². The van der Waals surface area contributed by atoms with Crippen LogP contribution < -0.4 is 15.8 Å². The monoisotopic (exact) mass is 413 g/mol. The van der Waals surface area contributed by atoms with E-state index in [4.69, 9.17) is 4.98 Å². The third kappa shape index (κ3) is 4.10. The van der Waals surface area contributed by atoms with Crippen LogP contribution in [0.25, 0.3) is 22.5 Å². The van der Waals surface area contributed by atoms with Gasteiger partial charge in [-0.1, -0.05) is 42.0 Å². The lowest BCUT2D eigenvalue weighted by Gasteiger charge is -2.32. The third-order valence-electron chi connectivity index (χ3n) is 6.09. The second-order valence-corrected chi connectivity index (χ2v) is 8.10. The van der Waals surface area contributed by atoms with Gasteiger partial charge < -0.3 is 14.8 Å². The highest BCUT2D eigenvalue weighted by Crippen LogP contribution is 2.31. The van der Waals surface area contributed by atoms with Gasteiger partial charge in [0.15, 0.2) is 5.82 Å². The molecule has 31 heavy (non-hydrogen) atoms. The fourth-order valence-corrected chi connectivity index (χ4v) is 4.15. The Balaban J connectivity index is 1.88. The number of aromatic nitrogens is 2. The van der Waals surface area contributed by atoms with E-state index in [1.54, 1.807) is 16.7 Å². The van der Waals surface area contributed by atoms with E-state index in [0.29, 0.717) is 17.4 Å². The van der Waals surface area contributed by atoms with Crippen LogP contribution in [-0.2, 0) is 7.05 Å². The highest BCUT2D eigenvalue weighted by Gasteiger charge is 2.24. The van der Waals surface area contributed by atoms with E-state index in [9.17, 15) is 10.1 Å². The van der Waals surface area contributed by atoms with Gasteiger partial charge in [0, 0.05) is 37.3 Å². The van der Waals surface area contributed by atoms with Crippen LogP contribution in [0.2, 0.25) is 0 Å². The summed E-state index contributed by atoms with van der Waals surface area (Å²) in [6.07, 6.45) is 1.96. The molecule has 0 unspecified atom stereocenters. The number of nitrogens with zero attached hydrogens (tertiary/aromatic N) is 4. The zero-order valence-electron chi connectivity index (χ0n) is 18.2. The van der Waals surface area contributed by atoms with Crippen molar-refractivity contribution in [3.05, 3.63) is 70.0 Å². The maximum Gasteiger partial charge on any atom is 0.293 e. The van der Waals surface area contributed by atoms with E-state index < -0.39 is 0 Å². The van der Waals surface area contributed by atoms with Crippen LogP contribution in [0.4, 0.5) is 5.82 Å². The minimum atomic E-state index is -0.0872. The van der Waals surface area contributed by atoms with Gasteiger partial charge in [-0.15, -0.1) is 0 Å². The normalized spacial score (nSPS) is 14.5. The highest BCUT2D eigenvalue weighted by atomic mass is 16.1. The second-order valence-electron chi connectivity index (χ2n) is 8.10. The van der Waals surface area contributed by atoms with Crippen molar-refractivity contribution in [1.82, 2.24) is 14.9 Å². The maximum absolute atomic E-state index is 13.4. The molecule has 1 saturated heterocycles. The molecular weight excluding hydrogens is 386 g/mol. The van der Waals surface area contributed by atoms with Crippen molar-refractivity contribution in [2.75, 3.05) is 25.0 Å². The van der Waals surface area contributed by atoms with Crippen molar-refractivity contribution in [2.24, 2.45) is 7.05 Å². The van der Waals surface area contributed by atoms with Gasteiger partial charge >= 0.3 is 0 Å². The van der Waals surface area contributed by atoms with Crippen LogP contribution in [0.5, 0.6) is 0 Å². The third-order valence-corrected chi connectivity index (χ3v) is 6.09. The van der Waals surface area contributed by atoms with E-state index >= 15 is 0 Å². The molecule has 6 heteroatoms. The van der Waals surface area contributed by atoms with Gasteiger partial charge in [-0.2, -0.15) is 5.26 Å². The van der Waals surface area contributed by atoms with E-state index in [0.717, 1.165) is 54.0 Å². The summed E-state index contributed by atoms with van der Waals surface area (Å²) in [5.41, 5.74) is 5.03. The number of rotatable bonds is 4. The van der Waals surface area contributed by atoms with Gasteiger partial charge in [-0.3, -0.25) is 4.79 Å². The molecule has 0 atom stereocenters. The summed E-state index contributed by atoms with van der Waals surface area (Å²) in [5, 5.41) is 12.5. The Kier molecular flexibility index (Phi) is 5.88. The smallest absolute Gasteiger partial charge is 0.293 e. The molecule has 2 aromatic carbocycles. The van der Waals surface area contributed by atoms with Gasteiger partial charge in [0.1, 0.15) is 0 Å². The first-order valence-electron chi connectivity index (χ1n) is 10.6. The number of benzene rings is 2. The average Bonchev–Trinajstić information content (AvgIpc) is 2.81. The van der Waals surface area contributed by atoms with Gasteiger partial charge in [-0.25, -0.2) is 4.98 Å². The summed E-state index contributed by atoms with van der Waals surface area (Å²) >= 11 is 0. The molecule has 4 rings (SSSR count). The molecule has 1 fully saturated rings. The maximum atomic E-state index is 13.4. The Hall–Kier alpha value is -3.43. The minimum absolute atomic E-state index is 0.0872. The van der Waals surface area contributed by atoms with Crippen LogP contribution in [0.1, 0.15) is 24.0 Å². The molecule has 6 nitrogen and oxygen atoms in total. The van der Waals surface area contributed by atoms with Crippen LogP contribution in [0.15, 0.2) is 53.3 Å². The molecule has 0 amide bonds. The summed E-state index contributed by atoms with van der Waals surface area (Å²) in [6.45, 7) is 3.63. The van der Waals surface area contributed by atoms with Crippen LogP contribution >= 0.6 is 0 Å². The molecule has 1 N–H and O–H groups in total. The summed E-state index contributed by atoms with van der Waals surface area (Å²) in [5.74, 6) is 0.493. The molecule has 3 aromatic rings. The molecule has 0 bridgehead atoms. The Labute approximate surface area is 182 Å². The zero-order chi connectivity index (χ0) is 22.0. The van der Waals surface area contributed by atoms with Crippen LogP contribution in [-0.4, -0.2) is 35.7 Å². The molecule has 0 radical (unpaired) electrons. The molecule has 0 spiro atoms. The SMILES string of the molecule is CNC1CCN(c2nc(-c3ccc(C#N)cc3)c(-c3ccc(C)cc3)n(C)c2=O)CC1. The number of anilines is 1. The number of piperidine rings is 1. The van der Waals surface area contributed by atoms with Gasteiger partial charge in [0.25, 0.3) is 5.56 Å². The van der Waals surface area contributed by atoms with Gasteiger partial charge in [-0.05, 0) is 38.9 Å². The lowest BCUT2D eigenvalue weighted by molar-refractivity contribution is 0.439. The van der Waals surface area contributed by atoms with Crippen molar-refractivity contribution >= 4 is 5.82 Å². The quantitative estimate of drug-likeness (QED) is 0.709. The first-order valence-corrected chi connectivity index (χ1v) is 10.6. The fourth-order valence-electron chi connectivity index (χ4n) is 4.15. The first-order chi connectivity index (χ1) is 15.0. The summed E-state index contributed by atoms with van der Waals surface area (Å²) in [4.78, 5) is 20.4.